The van der Waals surface area contributed by atoms with Gasteiger partial charge in [-0.3, -0.25) is 9.69 Å². The maximum Gasteiger partial charge on any atom is 0.326 e. The van der Waals surface area contributed by atoms with E-state index in [-0.39, 0.29) is 5.97 Å². The third-order valence-corrected chi connectivity index (χ3v) is 5.35. The van der Waals surface area contributed by atoms with E-state index in [1.54, 1.807) is 0 Å². The Hall–Kier alpha value is -2.91. The largest absolute Gasteiger partial charge is 0.459 e. The van der Waals surface area contributed by atoms with Crippen molar-refractivity contribution in [3.8, 4) is 0 Å². The van der Waals surface area contributed by atoms with Crippen LogP contribution >= 0.6 is 0 Å². The van der Waals surface area contributed by atoms with Crippen LogP contribution in [0.5, 0.6) is 0 Å². The van der Waals surface area contributed by atoms with Crippen molar-refractivity contribution in [3.05, 3.63) is 108 Å². The molecule has 28 heavy (non-hydrogen) atoms. The van der Waals surface area contributed by atoms with Crippen LogP contribution < -0.4 is 0 Å². The highest BCUT2D eigenvalue weighted by molar-refractivity contribution is 5.84. The number of benzene rings is 3. The summed E-state index contributed by atoms with van der Waals surface area (Å²) >= 11 is 0. The molecule has 0 unspecified atom stereocenters. The number of esters is 1. The van der Waals surface area contributed by atoms with Crippen molar-refractivity contribution in [2.24, 2.45) is 0 Å². The van der Waals surface area contributed by atoms with E-state index in [4.69, 9.17) is 4.74 Å². The van der Waals surface area contributed by atoms with Crippen LogP contribution in [0.4, 0.5) is 0 Å². The number of carbonyl (C=O) groups is 1. The zero-order valence-electron chi connectivity index (χ0n) is 16.0. The zero-order chi connectivity index (χ0) is 19.2. The molecular formula is C25H25NO2. The van der Waals surface area contributed by atoms with E-state index in [9.17, 15) is 4.79 Å². The second kappa shape index (κ2) is 8.41. The Kier molecular flexibility index (Phi) is 5.54. The molecule has 0 aliphatic heterocycles. The second-order valence-corrected chi connectivity index (χ2v) is 7.42. The summed E-state index contributed by atoms with van der Waals surface area (Å²) < 4.78 is 5.73. The number of hydrogen-bond donors (Lipinski definition) is 0. The molecule has 3 nitrogen and oxygen atoms in total. The van der Waals surface area contributed by atoms with Gasteiger partial charge in [-0.25, -0.2) is 0 Å². The normalized spacial score (nSPS) is 14.6. The molecule has 142 valence electrons. The molecule has 4 rings (SSSR count). The predicted octanol–water partition coefficient (Wildman–Crippen LogP) is 4.96. The van der Waals surface area contributed by atoms with Gasteiger partial charge in [-0.05, 0) is 29.5 Å². The molecule has 3 aromatic carbocycles. The van der Waals surface area contributed by atoms with Crippen molar-refractivity contribution in [3.63, 3.8) is 0 Å². The van der Waals surface area contributed by atoms with Crippen LogP contribution in [-0.2, 0) is 29.2 Å². The predicted molar refractivity (Wildman–Crippen MR) is 110 cm³/mol. The van der Waals surface area contributed by atoms with Crippen LogP contribution in [-0.4, -0.2) is 16.4 Å². The van der Waals surface area contributed by atoms with Crippen molar-refractivity contribution in [1.29, 1.82) is 0 Å². The molecule has 0 amide bonds. The van der Waals surface area contributed by atoms with Crippen LogP contribution in [0.15, 0.2) is 91.0 Å². The van der Waals surface area contributed by atoms with Gasteiger partial charge in [0, 0.05) is 13.1 Å². The van der Waals surface area contributed by atoms with E-state index >= 15 is 0 Å². The first-order valence-electron chi connectivity index (χ1n) is 9.80. The molecule has 0 aromatic heterocycles. The fraction of sp³-hybridized carbons (Fsp3) is 0.240. The summed E-state index contributed by atoms with van der Waals surface area (Å²) in [7, 11) is 0. The van der Waals surface area contributed by atoms with Crippen LogP contribution in [0.2, 0.25) is 0 Å². The molecule has 0 radical (unpaired) electrons. The quantitative estimate of drug-likeness (QED) is 0.524. The molecular weight excluding hydrogens is 346 g/mol. The Bertz CT molecular complexity index is 848. The lowest BCUT2D eigenvalue weighted by Gasteiger charge is -2.30. The average Bonchev–Trinajstić information content (AvgIpc) is 3.56. The van der Waals surface area contributed by atoms with Gasteiger partial charge in [0.05, 0.1) is 0 Å². The fourth-order valence-corrected chi connectivity index (χ4v) is 3.59. The van der Waals surface area contributed by atoms with Gasteiger partial charge in [0.1, 0.15) is 12.1 Å². The Labute approximate surface area is 166 Å². The first-order chi connectivity index (χ1) is 13.8. The van der Waals surface area contributed by atoms with E-state index in [0.717, 1.165) is 31.5 Å². The van der Waals surface area contributed by atoms with Crippen LogP contribution in [0.3, 0.4) is 0 Å². The molecule has 1 aliphatic rings. The topological polar surface area (TPSA) is 29.5 Å². The Morgan fingerprint density at radius 3 is 1.57 bits per heavy atom. The maximum absolute atomic E-state index is 13.1. The molecule has 0 N–H and O–H groups in total. The summed E-state index contributed by atoms with van der Waals surface area (Å²) in [6.07, 6.45) is 1.70. The summed E-state index contributed by atoms with van der Waals surface area (Å²) in [5.41, 5.74) is 2.92. The Morgan fingerprint density at radius 1 is 0.714 bits per heavy atom. The summed E-state index contributed by atoms with van der Waals surface area (Å²) in [5.74, 6) is -0.108. The third-order valence-electron chi connectivity index (χ3n) is 5.35. The highest BCUT2D eigenvalue weighted by atomic mass is 16.5. The minimum absolute atomic E-state index is 0.108. The number of nitrogens with zero attached hydrogens (tertiary/aromatic N) is 1. The lowest BCUT2D eigenvalue weighted by Crippen LogP contribution is -2.43. The summed E-state index contributed by atoms with van der Waals surface area (Å²) in [6.45, 7) is 1.79. The minimum atomic E-state index is -0.513. The Balaban J connectivity index is 1.51. The van der Waals surface area contributed by atoms with Crippen LogP contribution in [0, 0.1) is 0 Å². The first-order valence-corrected chi connectivity index (χ1v) is 9.80. The van der Waals surface area contributed by atoms with Gasteiger partial charge in [-0.15, -0.1) is 0 Å². The standard InChI is InChI=1S/C25H25NO2/c27-24(28-20-23-14-8-3-9-15-23)25(16-17-25)26(18-21-10-4-1-5-11-21)19-22-12-6-2-7-13-22/h1-15H,16-20H2. The molecule has 0 atom stereocenters. The molecule has 0 spiro atoms. The number of carbonyl (C=O) groups excluding carboxylic acids is 1. The zero-order valence-corrected chi connectivity index (χ0v) is 16.0. The average molecular weight is 371 g/mol. The second-order valence-electron chi connectivity index (χ2n) is 7.42. The lowest BCUT2D eigenvalue weighted by atomic mass is 10.1. The van der Waals surface area contributed by atoms with Crippen molar-refractivity contribution < 1.29 is 9.53 Å². The molecule has 0 bridgehead atoms. The molecule has 1 aliphatic carbocycles. The molecule has 1 fully saturated rings. The number of rotatable bonds is 8. The lowest BCUT2D eigenvalue weighted by molar-refractivity contribution is -0.154. The first kappa shape index (κ1) is 18.5. The molecule has 3 aromatic rings. The fourth-order valence-electron chi connectivity index (χ4n) is 3.59. The summed E-state index contributed by atoms with van der Waals surface area (Å²) in [4.78, 5) is 15.3. The third kappa shape index (κ3) is 4.32. The van der Waals surface area contributed by atoms with E-state index in [2.05, 4.69) is 29.2 Å². The highest BCUT2D eigenvalue weighted by Gasteiger charge is 2.55. The molecule has 0 heterocycles. The van der Waals surface area contributed by atoms with Crippen molar-refractivity contribution in [2.75, 3.05) is 0 Å². The molecule has 3 heteroatoms. The van der Waals surface area contributed by atoms with Crippen molar-refractivity contribution >= 4 is 5.97 Å². The molecule has 0 saturated heterocycles. The monoisotopic (exact) mass is 371 g/mol. The molecule has 1 saturated carbocycles. The summed E-state index contributed by atoms with van der Waals surface area (Å²) in [5, 5.41) is 0. The maximum atomic E-state index is 13.1. The van der Waals surface area contributed by atoms with E-state index in [1.807, 2.05) is 66.7 Å². The number of ether oxygens (including phenoxy) is 1. The smallest absolute Gasteiger partial charge is 0.326 e. The van der Waals surface area contributed by atoms with E-state index < -0.39 is 5.54 Å². The van der Waals surface area contributed by atoms with Crippen molar-refractivity contribution in [1.82, 2.24) is 4.90 Å². The van der Waals surface area contributed by atoms with Gasteiger partial charge < -0.3 is 4.74 Å². The van der Waals surface area contributed by atoms with Crippen molar-refractivity contribution in [2.45, 2.75) is 38.1 Å². The van der Waals surface area contributed by atoms with Gasteiger partial charge in [0.15, 0.2) is 0 Å². The van der Waals surface area contributed by atoms with Gasteiger partial charge in [0.25, 0.3) is 0 Å². The SMILES string of the molecule is O=C(OCc1ccccc1)C1(N(Cc2ccccc2)Cc2ccccc2)CC1. The van der Waals surface area contributed by atoms with Gasteiger partial charge in [0.2, 0.25) is 0 Å². The number of hydrogen-bond acceptors (Lipinski definition) is 3. The minimum Gasteiger partial charge on any atom is -0.459 e. The van der Waals surface area contributed by atoms with Crippen LogP contribution in [0.1, 0.15) is 29.5 Å². The van der Waals surface area contributed by atoms with E-state index in [0.29, 0.717) is 6.61 Å². The summed E-state index contributed by atoms with van der Waals surface area (Å²) in [6, 6.07) is 30.5. The van der Waals surface area contributed by atoms with Gasteiger partial charge >= 0.3 is 5.97 Å². The highest BCUT2D eigenvalue weighted by Crippen LogP contribution is 2.44. The Morgan fingerprint density at radius 2 is 1.14 bits per heavy atom. The van der Waals surface area contributed by atoms with Gasteiger partial charge in [-0.2, -0.15) is 0 Å². The van der Waals surface area contributed by atoms with E-state index in [1.165, 1.54) is 11.1 Å². The van der Waals surface area contributed by atoms with Crippen LogP contribution in [0.25, 0.3) is 0 Å². The van der Waals surface area contributed by atoms with Gasteiger partial charge in [-0.1, -0.05) is 91.0 Å².